The quantitative estimate of drug-likeness (QED) is 0.647. The Balaban J connectivity index is 1.63. The van der Waals surface area contributed by atoms with Crippen LogP contribution in [0.2, 0.25) is 0 Å². The second-order valence-corrected chi connectivity index (χ2v) is 5.58. The predicted molar refractivity (Wildman–Crippen MR) is 94.5 cm³/mol. The molecule has 1 aliphatic heterocycles. The molecule has 0 atom stereocenters. The molecule has 0 radical (unpaired) electrons. The minimum Gasteiger partial charge on any atom is -0.494 e. The van der Waals surface area contributed by atoms with Crippen LogP contribution in [0, 0.1) is 0 Å². The van der Waals surface area contributed by atoms with Crippen LogP contribution in [0.3, 0.4) is 0 Å². The highest BCUT2D eigenvalue weighted by Crippen LogP contribution is 2.32. The van der Waals surface area contributed by atoms with Crippen LogP contribution < -0.4 is 19.6 Å². The van der Waals surface area contributed by atoms with Crippen molar-refractivity contribution in [2.75, 3.05) is 13.4 Å². The normalized spacial score (nSPS) is 12.8. The molecule has 0 spiro atoms. The highest BCUT2D eigenvalue weighted by Gasteiger charge is 2.16. The van der Waals surface area contributed by atoms with E-state index in [0.717, 1.165) is 17.7 Å². The Morgan fingerprint density at radius 2 is 1.84 bits per heavy atom. The summed E-state index contributed by atoms with van der Waals surface area (Å²) in [6.45, 7) is 4.77. The van der Waals surface area contributed by atoms with Crippen molar-refractivity contribution in [2.24, 2.45) is 5.10 Å². The number of nitrogens with one attached hydrogen (secondary N) is 1. The van der Waals surface area contributed by atoms with Gasteiger partial charge in [-0.05, 0) is 61.4 Å². The molecule has 0 unspecified atom stereocenters. The van der Waals surface area contributed by atoms with Gasteiger partial charge in [0.2, 0.25) is 6.79 Å². The number of carbonyl (C=O) groups is 1. The van der Waals surface area contributed by atoms with Crippen molar-refractivity contribution < 1.29 is 19.0 Å². The van der Waals surface area contributed by atoms with Gasteiger partial charge in [-0.2, -0.15) is 5.10 Å². The van der Waals surface area contributed by atoms with Crippen LogP contribution >= 0.6 is 0 Å². The Labute approximate surface area is 146 Å². The summed E-state index contributed by atoms with van der Waals surface area (Å²) in [4.78, 5) is 12.2. The number of ether oxygens (including phenoxy) is 3. The van der Waals surface area contributed by atoms with Gasteiger partial charge in [0.05, 0.1) is 12.3 Å². The fourth-order valence-electron chi connectivity index (χ4n) is 2.31. The lowest BCUT2D eigenvalue weighted by molar-refractivity contribution is 0.0954. The number of hydrogen-bond donors (Lipinski definition) is 1. The number of nitrogens with zero attached hydrogens (tertiary/aromatic N) is 1. The molecule has 0 saturated carbocycles. The summed E-state index contributed by atoms with van der Waals surface area (Å²) in [7, 11) is 0. The van der Waals surface area contributed by atoms with Crippen LogP contribution in [-0.2, 0) is 0 Å². The molecule has 0 bridgehead atoms. The molecule has 3 rings (SSSR count). The van der Waals surface area contributed by atoms with E-state index >= 15 is 0 Å². The molecule has 0 saturated heterocycles. The number of amides is 1. The van der Waals surface area contributed by atoms with Gasteiger partial charge >= 0.3 is 0 Å². The van der Waals surface area contributed by atoms with Crippen LogP contribution in [-0.4, -0.2) is 25.0 Å². The SMILES string of the molecule is CCCOc1ccc(/C(C)=N\NC(=O)c2ccc3c(c2)OCO3)cc1. The lowest BCUT2D eigenvalue weighted by atomic mass is 10.1. The molecule has 1 N–H and O–H groups in total. The fourth-order valence-corrected chi connectivity index (χ4v) is 2.31. The van der Waals surface area contributed by atoms with Crippen LogP contribution in [0.5, 0.6) is 17.2 Å². The summed E-state index contributed by atoms with van der Waals surface area (Å²) in [5.74, 6) is 1.72. The molecule has 130 valence electrons. The molecule has 0 aliphatic carbocycles. The first-order chi connectivity index (χ1) is 12.2. The number of benzene rings is 2. The van der Waals surface area contributed by atoms with Crippen LogP contribution in [0.15, 0.2) is 47.6 Å². The first kappa shape index (κ1) is 16.8. The number of carbonyl (C=O) groups excluding carboxylic acids is 1. The Hall–Kier alpha value is -3.02. The summed E-state index contributed by atoms with van der Waals surface area (Å²) in [6, 6.07) is 12.6. The number of hydrogen-bond acceptors (Lipinski definition) is 5. The average Bonchev–Trinajstić information content (AvgIpc) is 3.12. The Kier molecular flexibility index (Phi) is 5.18. The molecule has 0 aromatic heterocycles. The molecule has 2 aromatic carbocycles. The Bertz CT molecular complexity index is 785. The average molecular weight is 340 g/mol. The Morgan fingerprint density at radius 3 is 2.60 bits per heavy atom. The van der Waals surface area contributed by atoms with E-state index in [2.05, 4.69) is 17.5 Å². The van der Waals surface area contributed by atoms with E-state index in [4.69, 9.17) is 14.2 Å². The van der Waals surface area contributed by atoms with Gasteiger partial charge in [0.25, 0.3) is 5.91 Å². The van der Waals surface area contributed by atoms with Crippen molar-refractivity contribution >= 4 is 11.6 Å². The van der Waals surface area contributed by atoms with Crippen LogP contribution in [0.1, 0.15) is 36.2 Å². The largest absolute Gasteiger partial charge is 0.494 e. The van der Waals surface area contributed by atoms with Crippen molar-refractivity contribution in [1.29, 1.82) is 0 Å². The monoisotopic (exact) mass is 340 g/mol. The smallest absolute Gasteiger partial charge is 0.271 e. The third-order valence-electron chi connectivity index (χ3n) is 3.70. The fraction of sp³-hybridized carbons (Fsp3) is 0.263. The van der Waals surface area contributed by atoms with Gasteiger partial charge in [-0.25, -0.2) is 5.43 Å². The second kappa shape index (κ2) is 7.70. The van der Waals surface area contributed by atoms with E-state index in [1.54, 1.807) is 18.2 Å². The van der Waals surface area contributed by atoms with Gasteiger partial charge in [-0.15, -0.1) is 0 Å². The van der Waals surface area contributed by atoms with Crippen molar-refractivity contribution in [3.8, 4) is 17.2 Å². The van der Waals surface area contributed by atoms with E-state index in [-0.39, 0.29) is 12.7 Å². The van der Waals surface area contributed by atoms with Crippen molar-refractivity contribution in [3.63, 3.8) is 0 Å². The molecule has 1 heterocycles. The van der Waals surface area contributed by atoms with Gasteiger partial charge < -0.3 is 14.2 Å². The summed E-state index contributed by atoms with van der Waals surface area (Å²) in [6.07, 6.45) is 0.966. The molecule has 6 nitrogen and oxygen atoms in total. The van der Waals surface area contributed by atoms with E-state index in [9.17, 15) is 4.79 Å². The zero-order valence-corrected chi connectivity index (χ0v) is 14.2. The summed E-state index contributed by atoms with van der Waals surface area (Å²) >= 11 is 0. The van der Waals surface area contributed by atoms with Gasteiger partial charge in [0, 0.05) is 5.56 Å². The lowest BCUT2D eigenvalue weighted by Gasteiger charge is -2.06. The van der Waals surface area contributed by atoms with E-state index < -0.39 is 0 Å². The maximum atomic E-state index is 12.2. The highest BCUT2D eigenvalue weighted by molar-refractivity contribution is 6.01. The van der Waals surface area contributed by atoms with Gasteiger partial charge in [0.1, 0.15) is 5.75 Å². The van der Waals surface area contributed by atoms with Crippen LogP contribution in [0.25, 0.3) is 0 Å². The molecule has 0 fully saturated rings. The summed E-state index contributed by atoms with van der Waals surface area (Å²) in [5.41, 5.74) is 4.64. The maximum absolute atomic E-state index is 12.2. The van der Waals surface area contributed by atoms with Gasteiger partial charge in [-0.3, -0.25) is 4.79 Å². The van der Waals surface area contributed by atoms with Gasteiger partial charge in [-0.1, -0.05) is 6.92 Å². The molecular weight excluding hydrogens is 320 g/mol. The Morgan fingerprint density at radius 1 is 1.12 bits per heavy atom. The molecule has 1 aliphatic rings. The number of hydrazone groups is 1. The maximum Gasteiger partial charge on any atom is 0.271 e. The minimum atomic E-state index is -0.305. The third-order valence-corrected chi connectivity index (χ3v) is 3.70. The number of rotatable bonds is 6. The zero-order valence-electron chi connectivity index (χ0n) is 14.2. The van der Waals surface area contributed by atoms with E-state index in [1.165, 1.54) is 0 Å². The van der Waals surface area contributed by atoms with Gasteiger partial charge in [0.15, 0.2) is 11.5 Å². The van der Waals surface area contributed by atoms with E-state index in [1.807, 2.05) is 31.2 Å². The van der Waals surface area contributed by atoms with Crippen LogP contribution in [0.4, 0.5) is 0 Å². The molecule has 1 amide bonds. The van der Waals surface area contributed by atoms with Crippen molar-refractivity contribution in [3.05, 3.63) is 53.6 Å². The van der Waals surface area contributed by atoms with E-state index in [0.29, 0.717) is 29.4 Å². The zero-order chi connectivity index (χ0) is 17.6. The first-order valence-corrected chi connectivity index (χ1v) is 8.15. The molecule has 2 aromatic rings. The number of fused-ring (bicyclic) bond motifs is 1. The highest BCUT2D eigenvalue weighted by atomic mass is 16.7. The summed E-state index contributed by atoms with van der Waals surface area (Å²) < 4.78 is 16.1. The van der Waals surface area contributed by atoms with Crippen molar-refractivity contribution in [2.45, 2.75) is 20.3 Å². The topological polar surface area (TPSA) is 69.2 Å². The summed E-state index contributed by atoms with van der Waals surface area (Å²) in [5, 5.41) is 4.16. The van der Waals surface area contributed by atoms with Crippen molar-refractivity contribution in [1.82, 2.24) is 5.43 Å². The molecule has 6 heteroatoms. The third kappa shape index (κ3) is 4.09. The second-order valence-electron chi connectivity index (χ2n) is 5.58. The lowest BCUT2D eigenvalue weighted by Crippen LogP contribution is -2.19. The predicted octanol–water partition coefficient (Wildman–Crippen LogP) is 3.36. The first-order valence-electron chi connectivity index (χ1n) is 8.15. The minimum absolute atomic E-state index is 0.176. The standard InChI is InChI=1S/C19H20N2O4/c1-3-10-23-16-7-4-14(5-8-16)13(2)20-21-19(22)15-6-9-17-18(11-15)25-12-24-17/h4-9,11H,3,10,12H2,1-2H3,(H,21,22)/b20-13-. The molecular formula is C19H20N2O4. The molecule has 25 heavy (non-hydrogen) atoms.